The van der Waals surface area contributed by atoms with Gasteiger partial charge >= 0.3 is 0 Å². The molecule has 19 heavy (non-hydrogen) atoms. The molecule has 0 spiro atoms. The number of methoxy groups -OCH3 is 1. The van der Waals surface area contributed by atoms with Gasteiger partial charge in [0.15, 0.2) is 0 Å². The minimum atomic E-state index is -0.144. The van der Waals surface area contributed by atoms with Crippen molar-refractivity contribution in [2.75, 3.05) is 7.11 Å². The summed E-state index contributed by atoms with van der Waals surface area (Å²) in [5.41, 5.74) is 3.12. The third-order valence-electron chi connectivity index (χ3n) is 2.79. The summed E-state index contributed by atoms with van der Waals surface area (Å²) in [5, 5.41) is -0.144. The largest absolute Gasteiger partial charge is 0.481 e. The second-order valence-electron chi connectivity index (χ2n) is 4.25. The molecule has 0 radical (unpaired) electrons. The van der Waals surface area contributed by atoms with Gasteiger partial charge in [0.25, 0.3) is 0 Å². The molecular formula is C14H14BrClN2O. The summed E-state index contributed by atoms with van der Waals surface area (Å²) in [4.78, 5) is 8.19. The van der Waals surface area contributed by atoms with Crippen LogP contribution in [0.3, 0.4) is 0 Å². The number of rotatable bonds is 4. The van der Waals surface area contributed by atoms with E-state index in [-0.39, 0.29) is 5.38 Å². The van der Waals surface area contributed by atoms with Gasteiger partial charge in [-0.15, -0.1) is 11.6 Å². The number of benzene rings is 1. The van der Waals surface area contributed by atoms with E-state index < -0.39 is 0 Å². The fraction of sp³-hybridized carbons (Fsp3) is 0.286. The van der Waals surface area contributed by atoms with Crippen molar-refractivity contribution in [3.8, 4) is 5.88 Å². The van der Waals surface area contributed by atoms with Crippen molar-refractivity contribution < 1.29 is 4.74 Å². The Labute approximate surface area is 126 Å². The standard InChI is InChI=1S/C14H14BrClN2O/c1-9-3-4-11(12(15)5-9)13(16)6-10-7-14(19-2)18-8-17-10/h3-5,7-8,13H,6H2,1-2H3. The number of alkyl halides is 1. The van der Waals surface area contributed by atoms with Gasteiger partial charge in [-0.25, -0.2) is 9.97 Å². The first-order chi connectivity index (χ1) is 9.10. The molecule has 1 atom stereocenters. The van der Waals surface area contributed by atoms with E-state index in [0.717, 1.165) is 15.7 Å². The summed E-state index contributed by atoms with van der Waals surface area (Å²) in [5.74, 6) is 0.553. The van der Waals surface area contributed by atoms with Gasteiger partial charge in [-0.1, -0.05) is 28.1 Å². The lowest BCUT2D eigenvalue weighted by Gasteiger charge is -2.12. The van der Waals surface area contributed by atoms with E-state index in [1.807, 2.05) is 13.0 Å². The number of ether oxygens (including phenoxy) is 1. The highest BCUT2D eigenvalue weighted by Gasteiger charge is 2.13. The SMILES string of the molecule is COc1cc(CC(Cl)c2ccc(C)cc2Br)ncn1. The highest BCUT2D eigenvalue weighted by Crippen LogP contribution is 2.31. The zero-order valence-electron chi connectivity index (χ0n) is 10.7. The molecule has 0 N–H and O–H groups in total. The maximum absolute atomic E-state index is 6.46. The van der Waals surface area contributed by atoms with Crippen LogP contribution in [-0.4, -0.2) is 17.1 Å². The van der Waals surface area contributed by atoms with E-state index in [2.05, 4.69) is 38.0 Å². The van der Waals surface area contributed by atoms with Crippen LogP contribution in [0.5, 0.6) is 5.88 Å². The van der Waals surface area contributed by atoms with Crippen molar-refractivity contribution in [1.29, 1.82) is 0 Å². The van der Waals surface area contributed by atoms with Gasteiger partial charge in [0.2, 0.25) is 5.88 Å². The highest BCUT2D eigenvalue weighted by atomic mass is 79.9. The molecule has 1 aromatic heterocycles. The van der Waals surface area contributed by atoms with E-state index in [1.165, 1.54) is 11.9 Å². The maximum Gasteiger partial charge on any atom is 0.216 e. The molecule has 2 rings (SSSR count). The van der Waals surface area contributed by atoms with E-state index in [0.29, 0.717) is 12.3 Å². The van der Waals surface area contributed by atoms with Crippen molar-refractivity contribution in [3.05, 3.63) is 51.9 Å². The van der Waals surface area contributed by atoms with Crippen LogP contribution in [0.4, 0.5) is 0 Å². The molecule has 0 fully saturated rings. The lowest BCUT2D eigenvalue weighted by molar-refractivity contribution is 0.396. The fourth-order valence-corrected chi connectivity index (χ4v) is 3.03. The first kappa shape index (κ1) is 14.3. The van der Waals surface area contributed by atoms with Crippen LogP contribution in [0.1, 0.15) is 22.2 Å². The quantitative estimate of drug-likeness (QED) is 0.786. The Morgan fingerprint density at radius 3 is 2.79 bits per heavy atom. The number of hydrogen-bond donors (Lipinski definition) is 0. The molecule has 0 aliphatic carbocycles. The Balaban J connectivity index is 2.17. The van der Waals surface area contributed by atoms with Crippen molar-refractivity contribution >= 4 is 27.5 Å². The van der Waals surface area contributed by atoms with Crippen LogP contribution < -0.4 is 4.74 Å². The first-order valence-corrected chi connectivity index (χ1v) is 7.08. The number of aromatic nitrogens is 2. The number of aryl methyl sites for hydroxylation is 1. The summed E-state index contributed by atoms with van der Waals surface area (Å²) < 4.78 is 6.10. The van der Waals surface area contributed by atoms with Crippen LogP contribution in [0.15, 0.2) is 35.1 Å². The molecule has 0 bridgehead atoms. The molecule has 2 aromatic rings. The molecule has 1 aromatic carbocycles. The second-order valence-corrected chi connectivity index (χ2v) is 5.63. The lowest BCUT2D eigenvalue weighted by Crippen LogP contribution is -2.01. The zero-order chi connectivity index (χ0) is 13.8. The van der Waals surface area contributed by atoms with Crippen LogP contribution in [0.25, 0.3) is 0 Å². The Kier molecular flexibility index (Phi) is 4.77. The maximum atomic E-state index is 6.46. The summed E-state index contributed by atoms with van der Waals surface area (Å²) >= 11 is 10.0. The minimum absolute atomic E-state index is 0.144. The number of halogens is 2. The van der Waals surface area contributed by atoms with Crippen molar-refractivity contribution in [1.82, 2.24) is 9.97 Å². The molecule has 5 heteroatoms. The average molecular weight is 342 g/mol. The number of hydrogen-bond acceptors (Lipinski definition) is 3. The summed E-state index contributed by atoms with van der Waals surface area (Å²) in [6.45, 7) is 2.05. The molecule has 0 aliphatic rings. The second kappa shape index (κ2) is 6.35. The molecular weight excluding hydrogens is 328 g/mol. The van der Waals surface area contributed by atoms with Crippen LogP contribution in [0.2, 0.25) is 0 Å². The molecule has 0 aliphatic heterocycles. The van der Waals surface area contributed by atoms with Gasteiger partial charge < -0.3 is 4.74 Å². The van der Waals surface area contributed by atoms with Crippen molar-refractivity contribution in [2.45, 2.75) is 18.7 Å². The Hall–Kier alpha value is -1.13. The molecule has 1 unspecified atom stereocenters. The lowest BCUT2D eigenvalue weighted by atomic mass is 10.1. The highest BCUT2D eigenvalue weighted by molar-refractivity contribution is 9.10. The van der Waals surface area contributed by atoms with E-state index in [1.54, 1.807) is 13.2 Å². The molecule has 100 valence electrons. The average Bonchev–Trinajstić information content (AvgIpc) is 2.38. The normalized spacial score (nSPS) is 12.2. The minimum Gasteiger partial charge on any atom is -0.481 e. The van der Waals surface area contributed by atoms with Gasteiger partial charge in [0.05, 0.1) is 12.5 Å². The molecule has 3 nitrogen and oxygen atoms in total. The van der Waals surface area contributed by atoms with Crippen molar-refractivity contribution in [2.24, 2.45) is 0 Å². The first-order valence-electron chi connectivity index (χ1n) is 5.85. The van der Waals surface area contributed by atoms with Gasteiger partial charge in [0.1, 0.15) is 6.33 Å². The monoisotopic (exact) mass is 340 g/mol. The third kappa shape index (κ3) is 3.67. The molecule has 0 amide bonds. The van der Waals surface area contributed by atoms with Crippen LogP contribution >= 0.6 is 27.5 Å². The van der Waals surface area contributed by atoms with Crippen LogP contribution in [-0.2, 0) is 6.42 Å². The molecule has 1 heterocycles. The summed E-state index contributed by atoms with van der Waals surface area (Å²) in [7, 11) is 1.58. The van der Waals surface area contributed by atoms with E-state index >= 15 is 0 Å². The van der Waals surface area contributed by atoms with Crippen molar-refractivity contribution in [3.63, 3.8) is 0 Å². The Morgan fingerprint density at radius 1 is 1.32 bits per heavy atom. The third-order valence-corrected chi connectivity index (χ3v) is 3.87. The number of nitrogens with zero attached hydrogens (tertiary/aromatic N) is 2. The van der Waals surface area contributed by atoms with Gasteiger partial charge in [-0.3, -0.25) is 0 Å². The predicted molar refractivity (Wildman–Crippen MR) is 79.8 cm³/mol. The molecule has 0 saturated heterocycles. The van der Waals surface area contributed by atoms with Gasteiger partial charge in [-0.05, 0) is 24.1 Å². The Bertz CT molecular complexity index is 577. The zero-order valence-corrected chi connectivity index (χ0v) is 13.1. The Morgan fingerprint density at radius 2 is 2.11 bits per heavy atom. The van der Waals surface area contributed by atoms with Gasteiger partial charge in [0, 0.05) is 22.7 Å². The topological polar surface area (TPSA) is 35.0 Å². The van der Waals surface area contributed by atoms with Gasteiger partial charge in [-0.2, -0.15) is 0 Å². The molecule has 0 saturated carbocycles. The smallest absolute Gasteiger partial charge is 0.216 e. The predicted octanol–water partition coefficient (Wildman–Crippen LogP) is 4.08. The van der Waals surface area contributed by atoms with E-state index in [9.17, 15) is 0 Å². The summed E-state index contributed by atoms with van der Waals surface area (Å²) in [6.07, 6.45) is 2.12. The summed E-state index contributed by atoms with van der Waals surface area (Å²) in [6, 6.07) is 7.95. The van der Waals surface area contributed by atoms with Crippen LogP contribution in [0, 0.1) is 6.92 Å². The fourth-order valence-electron chi connectivity index (χ4n) is 1.78. The van der Waals surface area contributed by atoms with E-state index in [4.69, 9.17) is 16.3 Å².